The molecule has 0 saturated carbocycles. The average Bonchev–Trinajstić information content (AvgIpc) is 2.75. The molecule has 0 atom stereocenters. The highest BCUT2D eigenvalue weighted by Crippen LogP contribution is 2.26. The molecule has 1 fully saturated rings. The first-order valence-electron chi connectivity index (χ1n) is 9.27. The molecule has 0 aliphatic carbocycles. The van der Waals surface area contributed by atoms with E-state index in [0.717, 1.165) is 0 Å². The second-order valence-corrected chi connectivity index (χ2v) is 9.17. The zero-order chi connectivity index (χ0) is 21.7. The highest BCUT2D eigenvalue weighted by Gasteiger charge is 2.32. The van der Waals surface area contributed by atoms with Crippen LogP contribution in [0.4, 0.5) is 0 Å². The fourth-order valence-electron chi connectivity index (χ4n) is 3.15. The molecule has 2 N–H and O–H groups in total. The van der Waals surface area contributed by atoms with E-state index in [1.807, 2.05) is 0 Å². The van der Waals surface area contributed by atoms with Crippen molar-refractivity contribution in [1.82, 2.24) is 9.73 Å². The van der Waals surface area contributed by atoms with Gasteiger partial charge in [0.2, 0.25) is 15.9 Å². The number of nitrogens with zero attached hydrogens (tertiary/aromatic N) is 2. The molecule has 1 aliphatic heterocycles. The Hall–Kier alpha value is -2.62. The summed E-state index contributed by atoms with van der Waals surface area (Å²) >= 11 is 5.82. The Morgan fingerprint density at radius 3 is 2.53 bits per heavy atom. The first-order valence-corrected chi connectivity index (χ1v) is 11.1. The SMILES string of the molecule is COc1cc(C=NNC(=O)C2CCN(S(=O)(=O)c3ccc(Cl)cc3)CC2)ccc1O. The summed E-state index contributed by atoms with van der Waals surface area (Å²) in [7, 11) is -2.17. The van der Waals surface area contributed by atoms with Crippen molar-refractivity contribution in [1.29, 1.82) is 0 Å². The molecular formula is C20H22ClN3O5S. The highest BCUT2D eigenvalue weighted by molar-refractivity contribution is 7.89. The van der Waals surface area contributed by atoms with E-state index in [9.17, 15) is 18.3 Å². The van der Waals surface area contributed by atoms with E-state index >= 15 is 0 Å². The molecule has 160 valence electrons. The number of benzene rings is 2. The number of amides is 1. The molecule has 10 heteroatoms. The molecule has 30 heavy (non-hydrogen) atoms. The molecule has 0 radical (unpaired) electrons. The van der Waals surface area contributed by atoms with Gasteiger partial charge in [0.15, 0.2) is 11.5 Å². The van der Waals surface area contributed by atoms with Crippen LogP contribution in [-0.4, -0.2) is 50.2 Å². The van der Waals surface area contributed by atoms with Gasteiger partial charge in [0.05, 0.1) is 18.2 Å². The van der Waals surface area contributed by atoms with E-state index < -0.39 is 10.0 Å². The molecule has 8 nitrogen and oxygen atoms in total. The topological polar surface area (TPSA) is 108 Å². The van der Waals surface area contributed by atoms with Gasteiger partial charge >= 0.3 is 0 Å². The number of sulfonamides is 1. The predicted molar refractivity (Wildman–Crippen MR) is 113 cm³/mol. The quantitative estimate of drug-likeness (QED) is 0.518. The number of hydrogen-bond donors (Lipinski definition) is 2. The molecule has 2 aromatic carbocycles. The van der Waals surface area contributed by atoms with E-state index in [-0.39, 0.29) is 35.6 Å². The van der Waals surface area contributed by atoms with Gasteiger partial charge in [-0.3, -0.25) is 4.79 Å². The van der Waals surface area contributed by atoms with Gasteiger partial charge in [0.25, 0.3) is 0 Å². The van der Waals surface area contributed by atoms with Crippen LogP contribution in [0.5, 0.6) is 11.5 Å². The third-order valence-electron chi connectivity index (χ3n) is 4.87. The Labute approximate surface area is 180 Å². The van der Waals surface area contributed by atoms with Crippen molar-refractivity contribution in [2.75, 3.05) is 20.2 Å². The fraction of sp³-hybridized carbons (Fsp3) is 0.300. The van der Waals surface area contributed by atoms with Gasteiger partial charge in [-0.15, -0.1) is 0 Å². The van der Waals surface area contributed by atoms with E-state index in [4.69, 9.17) is 16.3 Å². The van der Waals surface area contributed by atoms with E-state index in [0.29, 0.717) is 29.2 Å². The van der Waals surface area contributed by atoms with Crippen LogP contribution in [0.2, 0.25) is 5.02 Å². The minimum Gasteiger partial charge on any atom is -0.504 e. The average molecular weight is 452 g/mol. The number of hydrogen-bond acceptors (Lipinski definition) is 6. The van der Waals surface area contributed by atoms with Gasteiger partial charge < -0.3 is 9.84 Å². The zero-order valence-electron chi connectivity index (χ0n) is 16.3. The first kappa shape index (κ1) is 22.1. The van der Waals surface area contributed by atoms with E-state index in [2.05, 4.69) is 10.5 Å². The number of carbonyl (C=O) groups excluding carboxylic acids is 1. The monoisotopic (exact) mass is 451 g/mol. The number of nitrogens with one attached hydrogen (secondary N) is 1. The summed E-state index contributed by atoms with van der Waals surface area (Å²) in [5.41, 5.74) is 3.14. The van der Waals surface area contributed by atoms with Crippen LogP contribution in [0.15, 0.2) is 52.5 Å². The molecule has 0 spiro atoms. The van der Waals surface area contributed by atoms with Gasteiger partial charge in [-0.1, -0.05) is 11.6 Å². The smallest absolute Gasteiger partial charge is 0.243 e. The molecule has 3 rings (SSSR count). The number of rotatable bonds is 6. The number of hydrazone groups is 1. The molecule has 0 aromatic heterocycles. The first-order chi connectivity index (χ1) is 14.3. The van der Waals surface area contributed by atoms with Crippen LogP contribution in [0.25, 0.3) is 0 Å². The summed E-state index contributed by atoms with van der Waals surface area (Å²) in [6.45, 7) is 0.504. The van der Waals surface area contributed by atoms with E-state index in [1.54, 1.807) is 12.1 Å². The summed E-state index contributed by atoms with van der Waals surface area (Å²) in [4.78, 5) is 12.5. The highest BCUT2D eigenvalue weighted by atomic mass is 35.5. The Morgan fingerprint density at radius 2 is 1.90 bits per heavy atom. The summed E-state index contributed by atoms with van der Waals surface area (Å²) in [6.07, 6.45) is 2.25. The largest absolute Gasteiger partial charge is 0.504 e. The van der Waals surface area contributed by atoms with Crippen LogP contribution in [0.1, 0.15) is 18.4 Å². The van der Waals surface area contributed by atoms with Crippen LogP contribution in [-0.2, 0) is 14.8 Å². The van der Waals surface area contributed by atoms with Crippen molar-refractivity contribution in [3.8, 4) is 11.5 Å². The van der Waals surface area contributed by atoms with Crippen molar-refractivity contribution >= 4 is 33.7 Å². The third-order valence-corrected chi connectivity index (χ3v) is 7.03. The Morgan fingerprint density at radius 1 is 1.23 bits per heavy atom. The van der Waals surface area contributed by atoms with Gasteiger partial charge in [0, 0.05) is 24.0 Å². The van der Waals surface area contributed by atoms with Crippen molar-refractivity contribution in [2.45, 2.75) is 17.7 Å². The number of carbonyl (C=O) groups is 1. The molecule has 1 aliphatic rings. The summed E-state index contributed by atoms with van der Waals surface area (Å²) < 4.78 is 31.8. The van der Waals surface area contributed by atoms with Crippen LogP contribution < -0.4 is 10.2 Å². The molecule has 1 heterocycles. The second-order valence-electron chi connectivity index (χ2n) is 6.80. The number of piperidine rings is 1. The lowest BCUT2D eigenvalue weighted by atomic mass is 9.98. The van der Waals surface area contributed by atoms with Gasteiger partial charge in [-0.05, 0) is 60.9 Å². The third kappa shape index (κ3) is 5.10. The minimum atomic E-state index is -3.61. The van der Waals surface area contributed by atoms with Crippen molar-refractivity contribution in [3.63, 3.8) is 0 Å². The lowest BCUT2D eigenvalue weighted by Crippen LogP contribution is -2.42. The number of halogens is 1. The van der Waals surface area contributed by atoms with Gasteiger partial charge in [-0.25, -0.2) is 13.8 Å². The molecule has 1 saturated heterocycles. The van der Waals surface area contributed by atoms with Crippen LogP contribution in [0, 0.1) is 5.92 Å². The Kier molecular flexibility index (Phi) is 6.96. The number of methoxy groups -OCH3 is 1. The van der Waals surface area contributed by atoms with Gasteiger partial charge in [0.1, 0.15) is 0 Å². The van der Waals surface area contributed by atoms with Crippen molar-refractivity contribution in [3.05, 3.63) is 53.1 Å². The summed E-state index contributed by atoms with van der Waals surface area (Å²) in [5, 5.41) is 14.0. The Balaban J connectivity index is 1.54. The number of aromatic hydroxyl groups is 1. The summed E-state index contributed by atoms with van der Waals surface area (Å²) in [6, 6.07) is 10.7. The Bertz CT molecular complexity index is 1030. The maximum atomic E-state index is 12.7. The lowest BCUT2D eigenvalue weighted by molar-refractivity contribution is -0.126. The normalized spacial score (nSPS) is 15.9. The van der Waals surface area contributed by atoms with Crippen LogP contribution >= 0.6 is 11.6 Å². The minimum absolute atomic E-state index is 0.0130. The maximum Gasteiger partial charge on any atom is 0.243 e. The van der Waals surface area contributed by atoms with Crippen LogP contribution in [0.3, 0.4) is 0 Å². The summed E-state index contributed by atoms with van der Waals surface area (Å²) in [5.74, 6) is -0.271. The maximum absolute atomic E-state index is 12.7. The number of phenols is 1. The standard InChI is InChI=1S/C20H22ClN3O5S/c1-29-19-12-14(2-7-18(19)25)13-22-23-20(26)15-8-10-24(11-9-15)30(27,28)17-5-3-16(21)4-6-17/h2-7,12-13,15,25H,8-11H2,1H3,(H,23,26). The molecule has 1 amide bonds. The van der Waals surface area contributed by atoms with Crippen molar-refractivity contribution < 1.29 is 23.1 Å². The van der Waals surface area contributed by atoms with E-state index in [1.165, 1.54) is 48.0 Å². The molecule has 0 unspecified atom stereocenters. The number of phenolic OH excluding ortho intramolecular Hbond substituents is 1. The predicted octanol–water partition coefficient (Wildman–Crippen LogP) is 2.61. The number of ether oxygens (including phenoxy) is 1. The second kappa shape index (κ2) is 9.46. The lowest BCUT2D eigenvalue weighted by Gasteiger charge is -2.30. The fourth-order valence-corrected chi connectivity index (χ4v) is 4.75. The molecular weight excluding hydrogens is 430 g/mol. The van der Waals surface area contributed by atoms with Crippen molar-refractivity contribution in [2.24, 2.45) is 11.0 Å². The van der Waals surface area contributed by atoms with Gasteiger partial charge in [-0.2, -0.15) is 9.41 Å². The molecule has 2 aromatic rings. The zero-order valence-corrected chi connectivity index (χ0v) is 17.9. The molecule has 0 bridgehead atoms.